The largest absolute Gasteiger partial charge is 0.508 e. The average Bonchev–Trinajstić information content (AvgIpc) is 3.03. The highest BCUT2D eigenvalue weighted by Crippen LogP contribution is 2.39. The summed E-state index contributed by atoms with van der Waals surface area (Å²) in [5, 5.41) is 13.4. The molecule has 1 amide bonds. The quantitative estimate of drug-likeness (QED) is 0.449. The number of rotatable bonds is 4. The van der Waals surface area contributed by atoms with Crippen LogP contribution >= 0.6 is 11.3 Å². The normalized spacial score (nSPS) is 14.1. The molecule has 0 saturated heterocycles. The number of hydrogen-bond acceptors (Lipinski definition) is 4. The summed E-state index contributed by atoms with van der Waals surface area (Å²) in [5.74, 6) is 0.144. The SMILES string of the molecule is Cc1cc(C)cc(NC(=O)c2c(N=Cc3ccc(O)cc3)sc3c2CCCCCC3)c1. The summed E-state index contributed by atoms with van der Waals surface area (Å²) >= 11 is 1.64. The maximum atomic E-state index is 13.4. The van der Waals surface area contributed by atoms with Gasteiger partial charge in [-0.25, -0.2) is 4.99 Å². The van der Waals surface area contributed by atoms with Crippen LogP contribution in [0.3, 0.4) is 0 Å². The molecule has 0 spiro atoms. The molecule has 5 heteroatoms. The van der Waals surface area contributed by atoms with Gasteiger partial charge in [-0.2, -0.15) is 0 Å². The number of thiophene rings is 1. The van der Waals surface area contributed by atoms with Gasteiger partial charge in [0.05, 0.1) is 5.56 Å². The maximum absolute atomic E-state index is 13.4. The van der Waals surface area contributed by atoms with Gasteiger partial charge < -0.3 is 10.4 Å². The second-order valence-corrected chi connectivity index (χ2v) is 9.36. The molecule has 3 aromatic rings. The van der Waals surface area contributed by atoms with Crippen molar-refractivity contribution in [1.29, 1.82) is 0 Å². The highest BCUT2D eigenvalue weighted by atomic mass is 32.1. The summed E-state index contributed by atoms with van der Waals surface area (Å²) in [6.45, 7) is 4.08. The Bertz CT molecular complexity index is 1090. The molecule has 4 nitrogen and oxygen atoms in total. The van der Waals surface area contributed by atoms with Gasteiger partial charge in [0.25, 0.3) is 5.91 Å². The Morgan fingerprint density at radius 1 is 1.00 bits per heavy atom. The van der Waals surface area contributed by atoms with Gasteiger partial charge in [-0.1, -0.05) is 18.9 Å². The minimum atomic E-state index is -0.0825. The second-order valence-electron chi connectivity index (χ2n) is 8.28. The van der Waals surface area contributed by atoms with E-state index >= 15 is 0 Å². The number of carbonyl (C=O) groups is 1. The summed E-state index contributed by atoms with van der Waals surface area (Å²) in [6, 6.07) is 13.0. The van der Waals surface area contributed by atoms with Crippen molar-refractivity contribution in [3.63, 3.8) is 0 Å². The van der Waals surface area contributed by atoms with Crippen LogP contribution in [0, 0.1) is 13.8 Å². The first-order valence-electron chi connectivity index (χ1n) is 10.9. The molecule has 0 radical (unpaired) electrons. The number of benzene rings is 2. The minimum absolute atomic E-state index is 0.0825. The van der Waals surface area contributed by atoms with Crippen LogP contribution in [0.4, 0.5) is 10.7 Å². The lowest BCUT2D eigenvalue weighted by Gasteiger charge is -2.12. The number of carbonyl (C=O) groups excluding carboxylic acids is 1. The van der Waals surface area contributed by atoms with Gasteiger partial charge in [0.2, 0.25) is 0 Å². The molecule has 31 heavy (non-hydrogen) atoms. The molecule has 1 aromatic heterocycles. The smallest absolute Gasteiger partial charge is 0.259 e. The number of nitrogens with zero attached hydrogens (tertiary/aromatic N) is 1. The Morgan fingerprint density at radius 2 is 1.68 bits per heavy atom. The van der Waals surface area contributed by atoms with Gasteiger partial charge in [0.15, 0.2) is 0 Å². The van der Waals surface area contributed by atoms with Crippen LogP contribution in [-0.2, 0) is 12.8 Å². The number of hydrogen-bond donors (Lipinski definition) is 2. The van der Waals surface area contributed by atoms with Crippen molar-refractivity contribution in [3.05, 3.63) is 75.2 Å². The second kappa shape index (κ2) is 9.48. The number of anilines is 1. The van der Waals surface area contributed by atoms with E-state index in [9.17, 15) is 9.90 Å². The van der Waals surface area contributed by atoms with Crippen LogP contribution in [0.1, 0.15) is 63.2 Å². The number of aryl methyl sites for hydroxylation is 3. The van der Waals surface area contributed by atoms with Crippen LogP contribution in [0.2, 0.25) is 0 Å². The molecule has 0 atom stereocenters. The van der Waals surface area contributed by atoms with E-state index in [0.717, 1.165) is 58.6 Å². The van der Waals surface area contributed by atoms with E-state index in [-0.39, 0.29) is 11.7 Å². The zero-order valence-electron chi connectivity index (χ0n) is 18.1. The first-order valence-corrected chi connectivity index (χ1v) is 11.7. The van der Waals surface area contributed by atoms with Crippen LogP contribution in [-0.4, -0.2) is 17.2 Å². The predicted octanol–water partition coefficient (Wildman–Crippen LogP) is 6.73. The lowest BCUT2D eigenvalue weighted by Crippen LogP contribution is -2.14. The van der Waals surface area contributed by atoms with Gasteiger partial charge in [-0.3, -0.25) is 4.79 Å². The van der Waals surface area contributed by atoms with E-state index in [0.29, 0.717) is 0 Å². The summed E-state index contributed by atoms with van der Waals surface area (Å²) in [7, 11) is 0. The van der Waals surface area contributed by atoms with Gasteiger partial charge in [-0.15, -0.1) is 11.3 Å². The molecule has 1 aliphatic rings. The van der Waals surface area contributed by atoms with Crippen LogP contribution in [0.15, 0.2) is 47.5 Å². The molecule has 1 heterocycles. The highest BCUT2D eigenvalue weighted by molar-refractivity contribution is 7.16. The average molecular weight is 433 g/mol. The first kappa shape index (κ1) is 21.3. The van der Waals surface area contributed by atoms with Gasteiger partial charge in [0, 0.05) is 16.8 Å². The fraction of sp³-hybridized carbons (Fsp3) is 0.308. The van der Waals surface area contributed by atoms with Crippen molar-refractivity contribution in [2.75, 3.05) is 5.32 Å². The summed E-state index contributed by atoms with van der Waals surface area (Å²) in [4.78, 5) is 19.4. The lowest BCUT2D eigenvalue weighted by atomic mass is 9.96. The van der Waals surface area contributed by atoms with Crippen molar-refractivity contribution < 1.29 is 9.90 Å². The fourth-order valence-electron chi connectivity index (χ4n) is 4.16. The zero-order valence-corrected chi connectivity index (χ0v) is 18.9. The van der Waals surface area contributed by atoms with E-state index in [1.54, 1.807) is 29.7 Å². The van der Waals surface area contributed by atoms with E-state index < -0.39 is 0 Å². The van der Waals surface area contributed by atoms with E-state index in [2.05, 4.69) is 11.4 Å². The Labute approximate surface area is 187 Å². The molecule has 160 valence electrons. The number of phenols is 1. The molecule has 2 N–H and O–H groups in total. The summed E-state index contributed by atoms with van der Waals surface area (Å²) < 4.78 is 0. The number of fused-ring (bicyclic) bond motifs is 1. The molecule has 0 saturated carbocycles. The van der Waals surface area contributed by atoms with Crippen LogP contribution < -0.4 is 5.32 Å². The molecule has 2 aromatic carbocycles. The predicted molar refractivity (Wildman–Crippen MR) is 129 cm³/mol. The van der Waals surface area contributed by atoms with Crippen molar-refractivity contribution in [3.8, 4) is 5.75 Å². The third kappa shape index (κ3) is 5.23. The number of nitrogens with one attached hydrogen (secondary N) is 1. The van der Waals surface area contributed by atoms with E-state index in [1.807, 2.05) is 38.1 Å². The number of aromatic hydroxyl groups is 1. The minimum Gasteiger partial charge on any atom is -0.508 e. The Hall–Kier alpha value is -2.92. The Balaban J connectivity index is 1.70. The van der Waals surface area contributed by atoms with Crippen molar-refractivity contribution in [2.24, 2.45) is 4.99 Å². The van der Waals surface area contributed by atoms with Gasteiger partial charge in [0.1, 0.15) is 10.8 Å². The number of aliphatic imine (C=N–C) groups is 1. The van der Waals surface area contributed by atoms with Crippen molar-refractivity contribution >= 4 is 34.1 Å². The molecule has 4 rings (SSSR count). The van der Waals surface area contributed by atoms with Crippen LogP contribution in [0.5, 0.6) is 5.75 Å². The molecule has 1 aliphatic carbocycles. The fourth-order valence-corrected chi connectivity index (χ4v) is 5.39. The molecule has 0 bridgehead atoms. The topological polar surface area (TPSA) is 61.7 Å². The number of amides is 1. The molecule has 0 fully saturated rings. The number of phenolic OH excluding ortho intramolecular Hbond substituents is 1. The van der Waals surface area contributed by atoms with Gasteiger partial charge >= 0.3 is 0 Å². The van der Waals surface area contributed by atoms with E-state index in [4.69, 9.17) is 4.99 Å². The van der Waals surface area contributed by atoms with Crippen molar-refractivity contribution in [2.45, 2.75) is 52.4 Å². The van der Waals surface area contributed by atoms with Gasteiger partial charge in [-0.05, 0) is 98.2 Å². The zero-order chi connectivity index (χ0) is 21.8. The van der Waals surface area contributed by atoms with Crippen molar-refractivity contribution in [1.82, 2.24) is 0 Å². The lowest BCUT2D eigenvalue weighted by molar-refractivity contribution is 0.102. The standard InChI is InChI=1S/C26H28N2O2S/c1-17-13-18(2)15-20(14-17)28-25(30)24-22-7-5-3-4-6-8-23(22)31-26(24)27-16-19-9-11-21(29)12-10-19/h9-16,29H,3-8H2,1-2H3,(H,28,30). The molecule has 0 aliphatic heterocycles. The molecular weight excluding hydrogens is 404 g/mol. The molecular formula is C26H28N2O2S. The highest BCUT2D eigenvalue weighted by Gasteiger charge is 2.24. The third-order valence-electron chi connectivity index (χ3n) is 5.58. The summed E-state index contributed by atoms with van der Waals surface area (Å²) in [5.41, 5.74) is 5.85. The summed E-state index contributed by atoms with van der Waals surface area (Å²) in [6.07, 6.45) is 8.43. The monoisotopic (exact) mass is 432 g/mol. The third-order valence-corrected chi connectivity index (χ3v) is 6.78. The van der Waals surface area contributed by atoms with Crippen LogP contribution in [0.25, 0.3) is 0 Å². The maximum Gasteiger partial charge on any atom is 0.259 e. The van der Waals surface area contributed by atoms with E-state index in [1.165, 1.54) is 23.3 Å². The molecule has 0 unspecified atom stereocenters. The Kier molecular flexibility index (Phi) is 6.52. The Morgan fingerprint density at radius 3 is 2.39 bits per heavy atom. The first-order chi connectivity index (χ1) is 15.0.